The van der Waals surface area contributed by atoms with Gasteiger partial charge in [-0.2, -0.15) is 0 Å². The van der Waals surface area contributed by atoms with E-state index in [2.05, 4.69) is 13.8 Å². The van der Waals surface area contributed by atoms with Crippen LogP contribution < -0.4 is 5.63 Å². The van der Waals surface area contributed by atoms with Gasteiger partial charge in [-0.3, -0.25) is 0 Å². The minimum Gasteiger partial charge on any atom is -0.431 e. The highest BCUT2D eigenvalue weighted by atomic mass is 16.4. The Labute approximate surface area is 172 Å². The molecule has 5 nitrogen and oxygen atoms in total. The molecule has 29 heavy (non-hydrogen) atoms. The molecule has 0 aliphatic heterocycles. The molecule has 0 bridgehead atoms. The Kier molecular flexibility index (Phi) is 4.37. The van der Waals surface area contributed by atoms with Gasteiger partial charge >= 0.3 is 5.63 Å². The first-order valence-corrected chi connectivity index (χ1v) is 11.4. The topological polar surface area (TPSA) is 90.9 Å². The van der Waals surface area contributed by atoms with Crippen molar-refractivity contribution in [1.82, 2.24) is 0 Å². The Balaban J connectivity index is 1.52. The van der Waals surface area contributed by atoms with Crippen molar-refractivity contribution in [1.29, 1.82) is 0 Å². The van der Waals surface area contributed by atoms with Crippen LogP contribution in [0.4, 0.5) is 0 Å². The third kappa shape index (κ3) is 2.60. The van der Waals surface area contributed by atoms with E-state index in [4.69, 9.17) is 4.42 Å². The second-order valence-electron chi connectivity index (χ2n) is 10.9. The Morgan fingerprint density at radius 1 is 1.03 bits per heavy atom. The molecule has 1 heterocycles. The van der Waals surface area contributed by atoms with Gasteiger partial charge in [0.2, 0.25) is 0 Å². The molecule has 1 aromatic heterocycles. The van der Waals surface area contributed by atoms with Crippen molar-refractivity contribution in [3.63, 3.8) is 0 Å². The van der Waals surface area contributed by atoms with E-state index in [1.165, 1.54) is 12.3 Å². The van der Waals surface area contributed by atoms with E-state index in [0.717, 1.165) is 50.5 Å². The van der Waals surface area contributed by atoms with Gasteiger partial charge < -0.3 is 19.7 Å². The van der Waals surface area contributed by atoms with Crippen LogP contribution in [0.1, 0.15) is 76.7 Å². The van der Waals surface area contributed by atoms with Gasteiger partial charge in [-0.25, -0.2) is 4.79 Å². The number of hydrogen-bond acceptors (Lipinski definition) is 5. The average Bonchev–Trinajstić information content (AvgIpc) is 2.88. The minimum absolute atomic E-state index is 0.168. The van der Waals surface area contributed by atoms with Crippen molar-refractivity contribution in [2.75, 3.05) is 0 Å². The zero-order chi connectivity index (χ0) is 20.6. The first-order chi connectivity index (χ1) is 13.7. The molecular weight excluding hydrogens is 368 g/mol. The summed E-state index contributed by atoms with van der Waals surface area (Å²) in [4.78, 5) is 11.4. The van der Waals surface area contributed by atoms with Crippen LogP contribution in [-0.2, 0) is 0 Å². The number of aliphatic hydroxyl groups is 3. The molecule has 0 radical (unpaired) electrons. The summed E-state index contributed by atoms with van der Waals surface area (Å²) < 4.78 is 5.11. The molecule has 1 aromatic rings. The van der Waals surface area contributed by atoms with E-state index in [1.807, 2.05) is 0 Å². The van der Waals surface area contributed by atoms with Gasteiger partial charge in [-0.1, -0.05) is 13.8 Å². The lowest BCUT2D eigenvalue weighted by Crippen LogP contribution is -2.62. The second-order valence-corrected chi connectivity index (χ2v) is 10.9. The quantitative estimate of drug-likeness (QED) is 0.671. The van der Waals surface area contributed by atoms with Crippen molar-refractivity contribution in [3.05, 3.63) is 34.4 Å². The van der Waals surface area contributed by atoms with Gasteiger partial charge in [0, 0.05) is 23.8 Å². The standard InChI is InChI=1S/C24H34O5/c1-22-9-7-16(25)11-15(22)4-5-18-17(22)8-10-23(2)21(19(26)12-24(18,23)28)14-3-6-20(27)29-13-14/h3,6,13,15-19,21,25-26,28H,4-5,7-12H2,1-2H3/t15?,16-,17?,18?,19-,21?,22?,23?,24-/m0/s1. The van der Waals surface area contributed by atoms with Gasteiger partial charge in [0.15, 0.2) is 0 Å². The highest BCUT2D eigenvalue weighted by Crippen LogP contribution is 2.70. The first kappa shape index (κ1) is 19.8. The Morgan fingerprint density at radius 2 is 1.83 bits per heavy atom. The summed E-state index contributed by atoms with van der Waals surface area (Å²) in [6.07, 6.45) is 7.75. The van der Waals surface area contributed by atoms with Gasteiger partial charge in [-0.15, -0.1) is 0 Å². The van der Waals surface area contributed by atoms with Crippen LogP contribution in [0.15, 0.2) is 27.6 Å². The smallest absolute Gasteiger partial charge is 0.335 e. The molecule has 0 saturated heterocycles. The molecule has 160 valence electrons. The number of aliphatic hydroxyl groups excluding tert-OH is 2. The van der Waals surface area contributed by atoms with E-state index >= 15 is 0 Å². The summed E-state index contributed by atoms with van der Waals surface area (Å²) in [6.45, 7) is 4.52. The fraction of sp³-hybridized carbons (Fsp3) is 0.792. The zero-order valence-electron chi connectivity index (χ0n) is 17.5. The highest BCUT2D eigenvalue weighted by molar-refractivity contribution is 5.29. The van der Waals surface area contributed by atoms with Crippen LogP contribution in [0, 0.1) is 28.6 Å². The summed E-state index contributed by atoms with van der Waals surface area (Å²) in [5, 5.41) is 33.5. The molecule has 0 amide bonds. The Bertz CT molecular complexity index is 829. The van der Waals surface area contributed by atoms with E-state index in [-0.39, 0.29) is 23.4 Å². The normalized spacial score (nSPS) is 51.8. The van der Waals surface area contributed by atoms with Crippen LogP contribution in [-0.4, -0.2) is 33.1 Å². The SMILES string of the molecule is CC12CC[C@H](O)CC1CCC1C2CCC2(C)C(c3ccc(=O)oc3)[C@@H](O)C[C@]12O. The Hall–Kier alpha value is -1.17. The van der Waals surface area contributed by atoms with E-state index < -0.39 is 22.7 Å². The van der Waals surface area contributed by atoms with E-state index in [0.29, 0.717) is 18.3 Å². The van der Waals surface area contributed by atoms with Crippen LogP contribution in [0.3, 0.4) is 0 Å². The minimum atomic E-state index is -0.916. The molecule has 4 aliphatic carbocycles. The molecule has 5 heteroatoms. The molecular formula is C24H34O5. The van der Waals surface area contributed by atoms with Gasteiger partial charge in [-0.05, 0) is 79.7 Å². The third-order valence-corrected chi connectivity index (χ3v) is 9.92. The molecule has 3 N–H and O–H groups in total. The summed E-state index contributed by atoms with van der Waals surface area (Å²) in [5.74, 6) is 0.919. The van der Waals surface area contributed by atoms with Crippen molar-refractivity contribution in [2.24, 2.45) is 28.6 Å². The van der Waals surface area contributed by atoms with E-state index in [9.17, 15) is 20.1 Å². The lowest BCUT2D eigenvalue weighted by atomic mass is 9.43. The molecule has 5 rings (SSSR count). The van der Waals surface area contributed by atoms with Crippen LogP contribution in [0.2, 0.25) is 0 Å². The predicted octanol–water partition coefficient (Wildman–Crippen LogP) is 3.21. The molecule has 9 atom stereocenters. The van der Waals surface area contributed by atoms with Gasteiger partial charge in [0.25, 0.3) is 0 Å². The first-order valence-electron chi connectivity index (χ1n) is 11.4. The summed E-state index contributed by atoms with van der Waals surface area (Å²) in [7, 11) is 0. The molecule has 6 unspecified atom stereocenters. The summed E-state index contributed by atoms with van der Waals surface area (Å²) in [6, 6.07) is 3.16. The lowest BCUT2D eigenvalue weighted by molar-refractivity contribution is -0.205. The number of rotatable bonds is 1. The van der Waals surface area contributed by atoms with Crippen molar-refractivity contribution in [2.45, 2.75) is 88.9 Å². The molecule has 0 aromatic carbocycles. The maximum Gasteiger partial charge on any atom is 0.335 e. The fourth-order valence-electron chi connectivity index (χ4n) is 8.38. The summed E-state index contributed by atoms with van der Waals surface area (Å²) >= 11 is 0. The second kappa shape index (κ2) is 6.41. The largest absolute Gasteiger partial charge is 0.431 e. The summed E-state index contributed by atoms with van der Waals surface area (Å²) in [5.41, 5.74) is -0.766. The van der Waals surface area contributed by atoms with Crippen LogP contribution in [0.5, 0.6) is 0 Å². The predicted molar refractivity (Wildman–Crippen MR) is 108 cm³/mol. The van der Waals surface area contributed by atoms with Crippen molar-refractivity contribution >= 4 is 0 Å². The van der Waals surface area contributed by atoms with Gasteiger partial charge in [0.05, 0.1) is 24.1 Å². The van der Waals surface area contributed by atoms with Crippen molar-refractivity contribution < 1.29 is 19.7 Å². The zero-order valence-corrected chi connectivity index (χ0v) is 17.5. The average molecular weight is 403 g/mol. The molecule has 4 aliphatic rings. The van der Waals surface area contributed by atoms with Crippen LogP contribution in [0.25, 0.3) is 0 Å². The molecule has 0 spiro atoms. The Morgan fingerprint density at radius 3 is 2.55 bits per heavy atom. The molecule has 4 fully saturated rings. The maximum absolute atomic E-state index is 12.2. The van der Waals surface area contributed by atoms with E-state index in [1.54, 1.807) is 6.07 Å². The van der Waals surface area contributed by atoms with Crippen molar-refractivity contribution in [3.8, 4) is 0 Å². The highest BCUT2D eigenvalue weighted by Gasteiger charge is 2.69. The van der Waals surface area contributed by atoms with Gasteiger partial charge in [0.1, 0.15) is 0 Å². The maximum atomic E-state index is 12.2. The fourth-order valence-corrected chi connectivity index (χ4v) is 8.38. The number of fused-ring (bicyclic) bond motifs is 5. The lowest BCUT2D eigenvalue weighted by Gasteiger charge is -2.63. The van der Waals surface area contributed by atoms with Crippen LogP contribution >= 0.6 is 0 Å². The monoisotopic (exact) mass is 402 g/mol. The molecule has 4 saturated carbocycles. The number of hydrogen-bond donors (Lipinski definition) is 3. The third-order valence-electron chi connectivity index (χ3n) is 9.92.